The first-order valence-corrected chi connectivity index (χ1v) is 5.21. The fraction of sp³-hybridized carbons (Fsp3) is 0.214. The molecule has 0 fully saturated rings. The van der Waals surface area contributed by atoms with Crippen molar-refractivity contribution in [2.24, 2.45) is 0 Å². The largest absolute Gasteiger partial charge is 0.452 e. The van der Waals surface area contributed by atoms with Gasteiger partial charge in [-0.15, -0.1) is 0 Å². The second-order valence-corrected chi connectivity index (χ2v) is 3.09. The van der Waals surface area contributed by atoms with Gasteiger partial charge in [0.15, 0.2) is 0 Å². The highest BCUT2D eigenvalue weighted by atomic mass is 16.5. The number of hydrogen-bond acceptors (Lipinski definition) is 2. The van der Waals surface area contributed by atoms with E-state index in [1.807, 2.05) is 49.4 Å². The molecule has 0 N–H and O–H groups in total. The second kappa shape index (κ2) is 7.30. The molecular formula is C14H14O2. The average Bonchev–Trinajstić information content (AvgIpc) is 2.33. The van der Waals surface area contributed by atoms with Gasteiger partial charge in [0.05, 0.1) is 0 Å². The van der Waals surface area contributed by atoms with Crippen LogP contribution in [0.1, 0.15) is 18.9 Å². The van der Waals surface area contributed by atoms with Crippen LogP contribution in [0.2, 0.25) is 0 Å². The fourth-order valence-corrected chi connectivity index (χ4v) is 1.04. The molecule has 1 aromatic carbocycles. The molecule has 2 heteroatoms. The van der Waals surface area contributed by atoms with Gasteiger partial charge in [0.25, 0.3) is 0 Å². The van der Waals surface area contributed by atoms with Crippen LogP contribution in [-0.2, 0) is 9.53 Å². The third-order valence-corrected chi connectivity index (χ3v) is 1.80. The lowest BCUT2D eigenvalue weighted by Gasteiger charge is -1.93. The van der Waals surface area contributed by atoms with E-state index in [0.29, 0.717) is 0 Å². The highest BCUT2D eigenvalue weighted by Crippen LogP contribution is 1.94. The zero-order valence-electron chi connectivity index (χ0n) is 9.27. The van der Waals surface area contributed by atoms with E-state index in [1.54, 1.807) is 0 Å². The number of benzene rings is 1. The van der Waals surface area contributed by atoms with Crippen LogP contribution in [0.3, 0.4) is 0 Å². The van der Waals surface area contributed by atoms with Crippen LogP contribution >= 0.6 is 0 Å². The number of hydrogen-bond donors (Lipinski definition) is 0. The molecule has 0 atom stereocenters. The first-order valence-electron chi connectivity index (χ1n) is 5.21. The predicted octanol–water partition coefficient (Wildman–Crippen LogP) is 2.55. The second-order valence-electron chi connectivity index (χ2n) is 3.09. The summed E-state index contributed by atoms with van der Waals surface area (Å²) >= 11 is 0. The van der Waals surface area contributed by atoms with Crippen molar-refractivity contribution >= 4 is 5.97 Å². The van der Waals surface area contributed by atoms with Crippen molar-refractivity contribution in [2.75, 3.05) is 6.61 Å². The molecule has 2 nitrogen and oxygen atoms in total. The number of carbonyl (C=O) groups excluding carboxylic acids is 1. The summed E-state index contributed by atoms with van der Waals surface area (Å²) in [6, 6.07) is 9.34. The molecule has 1 rings (SSSR count). The molecule has 0 unspecified atom stereocenters. The molecule has 0 saturated heterocycles. The van der Waals surface area contributed by atoms with Gasteiger partial charge in [-0.2, -0.15) is 0 Å². The predicted molar refractivity (Wildman–Crippen MR) is 63.7 cm³/mol. The van der Waals surface area contributed by atoms with Gasteiger partial charge >= 0.3 is 5.97 Å². The summed E-state index contributed by atoms with van der Waals surface area (Å²) in [7, 11) is 0. The minimum absolute atomic E-state index is 0.288. The molecule has 0 aliphatic carbocycles. The fourth-order valence-electron chi connectivity index (χ4n) is 1.04. The molecule has 0 amide bonds. The van der Waals surface area contributed by atoms with Crippen molar-refractivity contribution in [3.05, 3.63) is 48.0 Å². The van der Waals surface area contributed by atoms with E-state index in [4.69, 9.17) is 4.74 Å². The minimum Gasteiger partial charge on any atom is -0.452 e. The molecule has 0 spiro atoms. The van der Waals surface area contributed by atoms with Crippen LogP contribution in [0.15, 0.2) is 42.5 Å². The van der Waals surface area contributed by atoms with Crippen molar-refractivity contribution < 1.29 is 9.53 Å². The Balaban J connectivity index is 2.40. The summed E-state index contributed by atoms with van der Waals surface area (Å²) < 4.78 is 4.87. The summed E-state index contributed by atoms with van der Waals surface area (Å²) in [5.74, 6) is 4.67. The molecular weight excluding hydrogens is 200 g/mol. The molecule has 0 bridgehead atoms. The third kappa shape index (κ3) is 5.02. The monoisotopic (exact) mass is 214 g/mol. The third-order valence-electron chi connectivity index (χ3n) is 1.80. The van der Waals surface area contributed by atoms with Crippen molar-refractivity contribution in [3.8, 4) is 11.8 Å². The van der Waals surface area contributed by atoms with Crippen LogP contribution < -0.4 is 0 Å². The van der Waals surface area contributed by atoms with E-state index in [2.05, 4.69) is 11.8 Å². The zero-order valence-corrected chi connectivity index (χ0v) is 9.27. The molecule has 0 radical (unpaired) electrons. The van der Waals surface area contributed by atoms with Gasteiger partial charge < -0.3 is 4.74 Å². The van der Waals surface area contributed by atoms with Crippen molar-refractivity contribution in [1.82, 2.24) is 0 Å². The molecule has 0 aliphatic rings. The van der Waals surface area contributed by atoms with Gasteiger partial charge in [-0.1, -0.05) is 43.2 Å². The van der Waals surface area contributed by atoms with E-state index in [-0.39, 0.29) is 6.61 Å². The maximum absolute atomic E-state index is 11.1. The average molecular weight is 214 g/mol. The van der Waals surface area contributed by atoms with Crippen LogP contribution in [0.25, 0.3) is 0 Å². The molecule has 1 aromatic rings. The summed E-state index contributed by atoms with van der Waals surface area (Å²) in [6.45, 7) is 2.31. The maximum Gasteiger partial charge on any atom is 0.385 e. The first-order chi connectivity index (χ1) is 7.83. The normalized spacial score (nSPS) is 9.56. The van der Waals surface area contributed by atoms with Crippen LogP contribution in [0.4, 0.5) is 0 Å². The van der Waals surface area contributed by atoms with E-state index in [1.165, 1.54) is 0 Å². The standard InChI is InChI=1S/C14H14O2/c1-2-3-7-12-16-14(15)11-10-13-8-5-4-6-9-13/h3-9H,2,12H2,1H3/b7-3+. The molecule has 0 aromatic heterocycles. The summed E-state index contributed by atoms with van der Waals surface area (Å²) in [5.41, 5.74) is 0.809. The Labute approximate surface area is 95.9 Å². The Morgan fingerprint density at radius 1 is 1.31 bits per heavy atom. The zero-order chi connectivity index (χ0) is 11.6. The van der Waals surface area contributed by atoms with E-state index in [9.17, 15) is 4.79 Å². The van der Waals surface area contributed by atoms with E-state index in [0.717, 1.165) is 12.0 Å². The summed E-state index contributed by atoms with van der Waals surface area (Å²) in [5, 5.41) is 0. The van der Waals surface area contributed by atoms with Gasteiger partial charge in [0.2, 0.25) is 0 Å². The summed E-state index contributed by atoms with van der Waals surface area (Å²) in [4.78, 5) is 11.1. The maximum atomic E-state index is 11.1. The lowest BCUT2D eigenvalue weighted by molar-refractivity contribution is -0.135. The first kappa shape index (κ1) is 12.1. The molecule has 0 saturated carbocycles. The van der Waals surface area contributed by atoms with Crippen molar-refractivity contribution in [3.63, 3.8) is 0 Å². The highest BCUT2D eigenvalue weighted by molar-refractivity contribution is 5.89. The molecule has 82 valence electrons. The van der Waals surface area contributed by atoms with E-state index >= 15 is 0 Å². The highest BCUT2D eigenvalue weighted by Gasteiger charge is 1.93. The van der Waals surface area contributed by atoms with Crippen LogP contribution in [0.5, 0.6) is 0 Å². The number of allylic oxidation sites excluding steroid dienone is 1. The van der Waals surface area contributed by atoms with Gasteiger partial charge in [-0.05, 0) is 18.6 Å². The van der Waals surface area contributed by atoms with Gasteiger partial charge in [0.1, 0.15) is 6.61 Å². The lowest BCUT2D eigenvalue weighted by Crippen LogP contribution is -2.00. The lowest BCUT2D eigenvalue weighted by atomic mass is 10.2. The van der Waals surface area contributed by atoms with Crippen LogP contribution in [0, 0.1) is 11.8 Å². The minimum atomic E-state index is -0.496. The number of rotatable bonds is 3. The number of carbonyl (C=O) groups is 1. The van der Waals surface area contributed by atoms with E-state index < -0.39 is 5.97 Å². The number of ether oxygens (including phenoxy) is 1. The Kier molecular flexibility index (Phi) is 5.51. The van der Waals surface area contributed by atoms with Gasteiger partial charge in [-0.3, -0.25) is 0 Å². The van der Waals surface area contributed by atoms with Gasteiger partial charge in [-0.25, -0.2) is 4.79 Å². The molecule has 0 heterocycles. The van der Waals surface area contributed by atoms with Crippen molar-refractivity contribution in [1.29, 1.82) is 0 Å². The Morgan fingerprint density at radius 3 is 2.75 bits per heavy atom. The Bertz CT molecular complexity index is 407. The quantitative estimate of drug-likeness (QED) is 0.439. The number of esters is 1. The summed E-state index contributed by atoms with van der Waals surface area (Å²) in [6.07, 6.45) is 4.69. The SMILES string of the molecule is CC/C=C/COC(=O)C#Cc1ccccc1. The topological polar surface area (TPSA) is 26.3 Å². The van der Waals surface area contributed by atoms with Gasteiger partial charge in [0, 0.05) is 11.5 Å². The molecule has 0 aliphatic heterocycles. The Morgan fingerprint density at radius 2 is 2.06 bits per heavy atom. The Hall–Kier alpha value is -2.01. The van der Waals surface area contributed by atoms with Crippen molar-refractivity contribution in [2.45, 2.75) is 13.3 Å². The smallest absolute Gasteiger partial charge is 0.385 e. The molecule has 16 heavy (non-hydrogen) atoms. The van der Waals surface area contributed by atoms with Crippen LogP contribution in [-0.4, -0.2) is 12.6 Å².